The summed E-state index contributed by atoms with van der Waals surface area (Å²) in [7, 11) is -1.87. The third-order valence-electron chi connectivity index (χ3n) is 1.58. The van der Waals surface area contributed by atoms with Crippen LogP contribution in [-0.2, 0) is 14.8 Å². The van der Waals surface area contributed by atoms with Gasteiger partial charge in [0.05, 0.1) is 18.5 Å². The molecule has 0 bridgehead atoms. The lowest BCUT2D eigenvalue weighted by molar-refractivity contribution is 0.0595. The number of aliphatic hydroxyl groups excluding tert-OH is 1. The van der Waals surface area contributed by atoms with Crippen molar-refractivity contribution in [2.45, 2.75) is 12.5 Å². The van der Waals surface area contributed by atoms with Gasteiger partial charge < -0.3 is 15.2 Å². The molecule has 1 atom stereocenters. The molecule has 0 radical (unpaired) electrons. The van der Waals surface area contributed by atoms with Gasteiger partial charge in [-0.3, -0.25) is 0 Å². The van der Waals surface area contributed by atoms with Gasteiger partial charge in [-0.15, -0.1) is 0 Å². The molecule has 0 aliphatic carbocycles. The van der Waals surface area contributed by atoms with Crippen LogP contribution >= 0.6 is 0 Å². The van der Waals surface area contributed by atoms with E-state index in [0.717, 1.165) is 0 Å². The molecule has 0 saturated heterocycles. The van der Waals surface area contributed by atoms with E-state index in [-0.39, 0.29) is 12.4 Å². The van der Waals surface area contributed by atoms with E-state index in [9.17, 15) is 13.5 Å². The minimum Gasteiger partial charge on any atom is -0.391 e. The third-order valence-corrected chi connectivity index (χ3v) is 2.35. The average Bonchev–Trinajstić information content (AvgIpc) is 2.02. The minimum absolute atomic E-state index is 0.0899. The number of methoxy groups -OCH3 is 1. The van der Waals surface area contributed by atoms with Crippen LogP contribution in [0.15, 0.2) is 0 Å². The molecule has 0 aliphatic rings. The quantitative estimate of drug-likeness (QED) is 0.427. The van der Waals surface area contributed by atoms with Crippen LogP contribution in [0.3, 0.4) is 0 Å². The van der Waals surface area contributed by atoms with Gasteiger partial charge in [0.2, 0.25) is 10.0 Å². The molecule has 0 saturated carbocycles. The first-order chi connectivity index (χ1) is 6.45. The molecule has 0 aromatic heterocycles. The van der Waals surface area contributed by atoms with E-state index in [2.05, 4.69) is 5.32 Å². The molecule has 6 nitrogen and oxygen atoms in total. The molecule has 0 spiro atoms. The summed E-state index contributed by atoms with van der Waals surface area (Å²) in [5, 5.41) is 16.8. The third kappa shape index (κ3) is 9.87. The highest BCUT2D eigenvalue weighted by Crippen LogP contribution is 1.89. The van der Waals surface area contributed by atoms with Crippen molar-refractivity contribution in [3.8, 4) is 0 Å². The number of nitrogens with one attached hydrogen (secondary N) is 1. The molecule has 0 rings (SSSR count). The predicted molar refractivity (Wildman–Crippen MR) is 53.3 cm³/mol. The summed E-state index contributed by atoms with van der Waals surface area (Å²) in [5.74, 6) is -0.0899. The number of ether oxygens (including phenoxy) is 1. The fourth-order valence-electron chi connectivity index (χ4n) is 0.884. The number of aliphatic hydroxyl groups is 1. The van der Waals surface area contributed by atoms with Crippen molar-refractivity contribution in [3.63, 3.8) is 0 Å². The number of hydrogen-bond acceptors (Lipinski definition) is 5. The van der Waals surface area contributed by atoms with E-state index in [1.807, 2.05) is 0 Å². The first-order valence-corrected chi connectivity index (χ1v) is 6.05. The van der Waals surface area contributed by atoms with E-state index in [0.29, 0.717) is 19.5 Å². The van der Waals surface area contributed by atoms with Crippen LogP contribution in [0.4, 0.5) is 0 Å². The SMILES string of the molecule is COCC(O)CCNCCS(N)(=O)=O. The fraction of sp³-hybridized carbons (Fsp3) is 1.00. The normalized spacial score (nSPS) is 14.2. The fourth-order valence-corrected chi connectivity index (χ4v) is 1.31. The van der Waals surface area contributed by atoms with E-state index < -0.39 is 16.1 Å². The minimum atomic E-state index is -3.38. The second-order valence-corrected chi connectivity index (χ2v) is 4.75. The summed E-state index contributed by atoms with van der Waals surface area (Å²) in [6, 6.07) is 0. The molecule has 14 heavy (non-hydrogen) atoms. The number of sulfonamides is 1. The van der Waals surface area contributed by atoms with Crippen LogP contribution in [0, 0.1) is 0 Å². The van der Waals surface area contributed by atoms with Gasteiger partial charge in [-0.2, -0.15) is 0 Å². The summed E-state index contributed by atoms with van der Waals surface area (Å²) in [6.07, 6.45) is 0.0142. The Labute approximate surface area is 84.5 Å². The van der Waals surface area contributed by atoms with Gasteiger partial charge in [-0.1, -0.05) is 0 Å². The Morgan fingerprint density at radius 1 is 1.50 bits per heavy atom. The second-order valence-electron chi connectivity index (χ2n) is 3.01. The van der Waals surface area contributed by atoms with Gasteiger partial charge in [0.15, 0.2) is 0 Å². The molecule has 4 N–H and O–H groups in total. The molecule has 0 fully saturated rings. The zero-order chi connectivity index (χ0) is 11.0. The molecular weight excluding hydrogens is 208 g/mol. The van der Waals surface area contributed by atoms with Crippen LogP contribution in [0.5, 0.6) is 0 Å². The lowest BCUT2D eigenvalue weighted by Gasteiger charge is -2.09. The number of hydrogen-bond donors (Lipinski definition) is 3. The zero-order valence-electron chi connectivity index (χ0n) is 8.27. The Kier molecular flexibility index (Phi) is 7.02. The van der Waals surface area contributed by atoms with E-state index >= 15 is 0 Å². The van der Waals surface area contributed by atoms with Crippen molar-refractivity contribution in [1.82, 2.24) is 5.32 Å². The molecule has 0 aromatic carbocycles. The van der Waals surface area contributed by atoms with Crippen molar-refractivity contribution >= 4 is 10.0 Å². The highest BCUT2D eigenvalue weighted by molar-refractivity contribution is 7.89. The zero-order valence-corrected chi connectivity index (χ0v) is 9.09. The predicted octanol–water partition coefficient (Wildman–Crippen LogP) is -1.74. The molecule has 0 aromatic rings. The summed E-state index contributed by atoms with van der Waals surface area (Å²) >= 11 is 0. The molecule has 7 heteroatoms. The Morgan fingerprint density at radius 2 is 2.14 bits per heavy atom. The highest BCUT2D eigenvalue weighted by Gasteiger charge is 2.04. The lowest BCUT2D eigenvalue weighted by atomic mass is 10.3. The van der Waals surface area contributed by atoms with Crippen LogP contribution in [0.25, 0.3) is 0 Å². The van der Waals surface area contributed by atoms with Crippen molar-refractivity contribution in [1.29, 1.82) is 0 Å². The van der Waals surface area contributed by atoms with E-state index in [1.165, 1.54) is 7.11 Å². The average molecular weight is 226 g/mol. The van der Waals surface area contributed by atoms with Crippen molar-refractivity contribution < 1.29 is 18.3 Å². The Morgan fingerprint density at radius 3 is 2.64 bits per heavy atom. The van der Waals surface area contributed by atoms with Gasteiger partial charge in [0.25, 0.3) is 0 Å². The Bertz CT molecular complexity index is 230. The van der Waals surface area contributed by atoms with Gasteiger partial charge in [0, 0.05) is 13.7 Å². The maximum absolute atomic E-state index is 10.5. The first-order valence-electron chi connectivity index (χ1n) is 4.34. The maximum atomic E-state index is 10.5. The summed E-state index contributed by atoms with van der Waals surface area (Å²) in [4.78, 5) is 0. The van der Waals surface area contributed by atoms with Gasteiger partial charge >= 0.3 is 0 Å². The molecule has 1 unspecified atom stereocenters. The number of nitrogens with two attached hydrogens (primary N) is 1. The second kappa shape index (κ2) is 7.13. The standard InChI is InChI=1S/C7H18N2O4S/c1-13-6-7(10)2-3-9-4-5-14(8,11)12/h7,9-10H,2-6H2,1H3,(H2,8,11,12). The molecule has 0 amide bonds. The number of rotatable bonds is 8. The molecular formula is C7H18N2O4S. The van der Waals surface area contributed by atoms with Crippen molar-refractivity contribution in [2.24, 2.45) is 5.14 Å². The highest BCUT2D eigenvalue weighted by atomic mass is 32.2. The van der Waals surface area contributed by atoms with Gasteiger partial charge in [0.1, 0.15) is 0 Å². The smallest absolute Gasteiger partial charge is 0.210 e. The molecule has 0 heterocycles. The summed E-state index contributed by atoms with van der Waals surface area (Å²) in [6.45, 7) is 1.13. The molecule has 86 valence electrons. The lowest BCUT2D eigenvalue weighted by Crippen LogP contribution is -2.29. The Hall–Kier alpha value is -0.210. The van der Waals surface area contributed by atoms with Gasteiger partial charge in [-0.05, 0) is 13.0 Å². The van der Waals surface area contributed by atoms with Crippen molar-refractivity contribution in [3.05, 3.63) is 0 Å². The monoisotopic (exact) mass is 226 g/mol. The topological polar surface area (TPSA) is 102 Å². The van der Waals surface area contributed by atoms with Crippen molar-refractivity contribution in [2.75, 3.05) is 32.6 Å². The largest absolute Gasteiger partial charge is 0.391 e. The number of primary sulfonamides is 1. The Balaban J connectivity index is 3.30. The van der Waals surface area contributed by atoms with Crippen LogP contribution in [-0.4, -0.2) is 52.2 Å². The van der Waals surface area contributed by atoms with E-state index in [4.69, 9.17) is 9.88 Å². The summed E-state index contributed by atoms with van der Waals surface area (Å²) < 4.78 is 25.7. The first kappa shape index (κ1) is 13.8. The molecule has 0 aliphatic heterocycles. The maximum Gasteiger partial charge on any atom is 0.210 e. The van der Waals surface area contributed by atoms with Crippen LogP contribution in [0.2, 0.25) is 0 Å². The van der Waals surface area contributed by atoms with Crippen LogP contribution in [0.1, 0.15) is 6.42 Å². The van der Waals surface area contributed by atoms with Crippen LogP contribution < -0.4 is 10.5 Å². The van der Waals surface area contributed by atoms with E-state index in [1.54, 1.807) is 0 Å². The van der Waals surface area contributed by atoms with Gasteiger partial charge in [-0.25, -0.2) is 13.6 Å². The summed E-state index contributed by atoms with van der Waals surface area (Å²) in [5.41, 5.74) is 0.